The van der Waals surface area contributed by atoms with Crippen LogP contribution in [0.3, 0.4) is 0 Å². The molecule has 1 aromatic heterocycles. The topological polar surface area (TPSA) is 92.6 Å². The molecule has 2 aromatic carbocycles. The van der Waals surface area contributed by atoms with Crippen molar-refractivity contribution in [3.63, 3.8) is 0 Å². The van der Waals surface area contributed by atoms with Crippen LogP contribution in [0.25, 0.3) is 0 Å². The zero-order valence-corrected chi connectivity index (χ0v) is 20.6. The molecule has 4 heterocycles. The fourth-order valence-corrected chi connectivity index (χ4v) is 6.44. The number of anilines is 1. The van der Waals surface area contributed by atoms with Crippen LogP contribution in [0, 0.1) is 0 Å². The molecular weight excluding hydrogens is 464 g/mol. The van der Waals surface area contributed by atoms with Crippen molar-refractivity contribution < 1.29 is 13.2 Å². The molecule has 3 aliphatic heterocycles. The highest BCUT2D eigenvalue weighted by Crippen LogP contribution is 2.41. The smallest absolute Gasteiger partial charge is 0.261 e. The predicted molar refractivity (Wildman–Crippen MR) is 132 cm³/mol. The Morgan fingerprint density at radius 1 is 1.11 bits per heavy atom. The molecule has 3 aromatic rings. The number of fused-ring (bicyclic) bond motifs is 1. The first kappa shape index (κ1) is 22.5. The van der Waals surface area contributed by atoms with Gasteiger partial charge in [0.2, 0.25) is 5.03 Å². The number of hydrogen-bond donors (Lipinski definition) is 1. The van der Waals surface area contributed by atoms with Crippen molar-refractivity contribution >= 4 is 15.7 Å². The summed E-state index contributed by atoms with van der Waals surface area (Å²) in [6.07, 6.45) is 3.63. The van der Waals surface area contributed by atoms with Crippen molar-refractivity contribution in [3.8, 4) is 5.75 Å². The largest absolute Gasteiger partial charge is 0.492 e. The van der Waals surface area contributed by atoms with Gasteiger partial charge in [-0.05, 0) is 49.7 Å². The highest BCUT2D eigenvalue weighted by Gasteiger charge is 2.38. The van der Waals surface area contributed by atoms with Gasteiger partial charge in [0.1, 0.15) is 12.4 Å². The maximum absolute atomic E-state index is 12.6. The minimum absolute atomic E-state index is 0.0508. The lowest BCUT2D eigenvalue weighted by molar-refractivity contribution is 0.0502. The van der Waals surface area contributed by atoms with Crippen LogP contribution in [-0.2, 0) is 23.5 Å². The molecule has 0 spiro atoms. The van der Waals surface area contributed by atoms with Crippen LogP contribution < -0.4 is 14.4 Å². The molecule has 2 saturated heterocycles. The van der Waals surface area contributed by atoms with Gasteiger partial charge in [-0.15, -0.1) is 5.10 Å². The zero-order chi connectivity index (χ0) is 24.0. The highest BCUT2D eigenvalue weighted by molar-refractivity contribution is 7.89. The number of hydrogen-bond acceptors (Lipinski definition) is 7. The summed E-state index contributed by atoms with van der Waals surface area (Å²) in [7, 11) is -2.03. The molecule has 0 aliphatic carbocycles. The van der Waals surface area contributed by atoms with Crippen LogP contribution in [0.5, 0.6) is 5.75 Å². The van der Waals surface area contributed by atoms with E-state index in [9.17, 15) is 8.42 Å². The van der Waals surface area contributed by atoms with Crippen LogP contribution >= 0.6 is 0 Å². The first-order chi connectivity index (χ1) is 17.0. The van der Waals surface area contributed by atoms with Gasteiger partial charge in [-0.1, -0.05) is 35.5 Å². The first-order valence-corrected chi connectivity index (χ1v) is 13.6. The van der Waals surface area contributed by atoms with Crippen molar-refractivity contribution in [1.82, 2.24) is 24.6 Å². The number of nitrogens with zero attached hydrogens (tertiary/aromatic N) is 5. The first-order valence-electron chi connectivity index (χ1n) is 12.1. The Hall–Kier alpha value is -2.95. The Kier molecular flexibility index (Phi) is 5.74. The van der Waals surface area contributed by atoms with Gasteiger partial charge in [-0.3, -0.25) is 9.58 Å². The molecule has 3 aliphatic rings. The van der Waals surface area contributed by atoms with Crippen LogP contribution in [0.15, 0.2) is 59.8 Å². The Morgan fingerprint density at radius 2 is 1.91 bits per heavy atom. The lowest BCUT2D eigenvalue weighted by Crippen LogP contribution is -2.59. The van der Waals surface area contributed by atoms with E-state index < -0.39 is 10.0 Å². The summed E-state index contributed by atoms with van der Waals surface area (Å²) in [5.74, 6) is 1.32. The zero-order valence-electron chi connectivity index (χ0n) is 19.7. The highest BCUT2D eigenvalue weighted by atomic mass is 32.2. The number of nitrogens with one attached hydrogen (secondary N) is 1. The summed E-state index contributed by atoms with van der Waals surface area (Å²) in [5, 5.41) is 7.41. The number of ether oxygens (including phenoxy) is 1. The van der Waals surface area contributed by atoms with Crippen molar-refractivity contribution in [2.45, 2.75) is 35.9 Å². The fraction of sp³-hybridized carbons (Fsp3) is 0.440. The van der Waals surface area contributed by atoms with Gasteiger partial charge in [0.15, 0.2) is 0 Å². The number of likely N-dealkylation sites (tertiary alicyclic amines) is 1. The number of benzene rings is 2. The van der Waals surface area contributed by atoms with Crippen LogP contribution in [-0.4, -0.2) is 73.2 Å². The Labute approximate surface area is 205 Å². The lowest BCUT2D eigenvalue weighted by Gasteiger charge is -2.46. The standard InChI is InChI=1S/C25H30N6O3S/c1-29-16-25(26-28-29)35(32,33)27-19-14-31(15-19)20-8-9-24-22(13-20)21(12-18-6-3-2-4-7-18)23(17-34-24)30-10-5-11-30/h2-4,6-9,13,16,19,21,23,27H,5,10-12,14-15,17H2,1H3. The van der Waals surface area contributed by atoms with Crippen molar-refractivity contribution in [1.29, 1.82) is 0 Å². The van der Waals surface area contributed by atoms with E-state index in [0.29, 0.717) is 25.0 Å². The van der Waals surface area contributed by atoms with Gasteiger partial charge < -0.3 is 9.64 Å². The molecular formula is C25H30N6O3S. The minimum atomic E-state index is -3.67. The van der Waals surface area contributed by atoms with Crippen LogP contribution in [0.2, 0.25) is 0 Å². The number of aromatic nitrogens is 3. The molecule has 2 fully saturated rings. The molecule has 6 rings (SSSR count). The van der Waals surface area contributed by atoms with E-state index >= 15 is 0 Å². The van der Waals surface area contributed by atoms with Gasteiger partial charge in [0.05, 0.1) is 18.3 Å². The van der Waals surface area contributed by atoms with Crippen LogP contribution in [0.1, 0.15) is 23.5 Å². The molecule has 0 radical (unpaired) electrons. The minimum Gasteiger partial charge on any atom is -0.492 e. The molecule has 35 heavy (non-hydrogen) atoms. The van der Waals surface area contributed by atoms with Gasteiger partial charge >= 0.3 is 0 Å². The SMILES string of the molecule is Cn1cc(S(=O)(=O)NC2CN(c3ccc4c(c3)C(Cc3ccccc3)C(N3CCC3)CO4)C2)nn1. The Bertz CT molecular complexity index is 1300. The average Bonchev–Trinajstić information content (AvgIpc) is 3.24. The molecule has 10 heteroatoms. The van der Waals surface area contributed by atoms with Crippen LogP contribution in [0.4, 0.5) is 5.69 Å². The normalized spacial score (nSPS) is 22.7. The summed E-state index contributed by atoms with van der Waals surface area (Å²) in [4.78, 5) is 4.75. The second-order valence-electron chi connectivity index (χ2n) is 9.74. The molecule has 0 bridgehead atoms. The average molecular weight is 495 g/mol. The lowest BCUT2D eigenvalue weighted by atomic mass is 9.82. The summed E-state index contributed by atoms with van der Waals surface area (Å²) in [5.41, 5.74) is 3.69. The van der Waals surface area contributed by atoms with Gasteiger partial charge in [-0.25, -0.2) is 13.1 Å². The van der Waals surface area contributed by atoms with E-state index in [1.54, 1.807) is 7.05 Å². The fourth-order valence-electron chi connectivity index (χ4n) is 5.29. The van der Waals surface area contributed by atoms with Crippen molar-refractivity contribution in [2.75, 3.05) is 37.7 Å². The van der Waals surface area contributed by atoms with E-state index in [0.717, 1.165) is 37.6 Å². The summed E-state index contributed by atoms with van der Waals surface area (Å²) < 4.78 is 35.5. The van der Waals surface area contributed by atoms with Gasteiger partial charge in [0, 0.05) is 37.3 Å². The summed E-state index contributed by atoms with van der Waals surface area (Å²) >= 11 is 0. The summed E-state index contributed by atoms with van der Waals surface area (Å²) in [6.45, 7) is 4.21. The van der Waals surface area contributed by atoms with E-state index in [4.69, 9.17) is 4.74 Å². The van der Waals surface area contributed by atoms with Gasteiger partial charge in [-0.2, -0.15) is 0 Å². The Morgan fingerprint density at radius 3 is 2.60 bits per heavy atom. The molecule has 2 unspecified atom stereocenters. The second kappa shape index (κ2) is 8.92. The monoisotopic (exact) mass is 494 g/mol. The Balaban J connectivity index is 1.19. The number of aryl methyl sites for hydroxylation is 1. The molecule has 9 nitrogen and oxygen atoms in total. The third-order valence-corrected chi connectivity index (χ3v) is 8.73. The second-order valence-corrected chi connectivity index (χ2v) is 11.4. The maximum Gasteiger partial charge on any atom is 0.261 e. The molecule has 2 atom stereocenters. The van der Waals surface area contributed by atoms with E-state index in [1.807, 2.05) is 0 Å². The molecule has 0 amide bonds. The molecule has 1 N–H and O–H groups in total. The van der Waals surface area contributed by atoms with Gasteiger partial charge in [0.25, 0.3) is 10.0 Å². The van der Waals surface area contributed by atoms with Crippen molar-refractivity contribution in [3.05, 3.63) is 65.9 Å². The van der Waals surface area contributed by atoms with Crippen molar-refractivity contribution in [2.24, 2.45) is 7.05 Å². The summed E-state index contributed by atoms with van der Waals surface area (Å²) in [6, 6.07) is 17.3. The molecule has 0 saturated carbocycles. The van der Waals surface area contributed by atoms with E-state index in [2.05, 4.69) is 73.4 Å². The third-order valence-electron chi connectivity index (χ3n) is 7.35. The number of rotatable bonds is 7. The predicted octanol–water partition coefficient (Wildman–Crippen LogP) is 1.78. The van der Waals surface area contributed by atoms with E-state index in [-0.39, 0.29) is 11.1 Å². The third kappa shape index (κ3) is 4.41. The molecule has 184 valence electrons. The van der Waals surface area contributed by atoms with E-state index in [1.165, 1.54) is 28.4 Å². The maximum atomic E-state index is 12.6. The number of sulfonamides is 1. The quantitative estimate of drug-likeness (QED) is 0.535.